The highest BCUT2D eigenvalue weighted by atomic mass is 35.5. The second-order valence-electron chi connectivity index (χ2n) is 10.1. The molecule has 4 rings (SSSR count). The predicted molar refractivity (Wildman–Crippen MR) is 146 cm³/mol. The van der Waals surface area contributed by atoms with E-state index in [0.717, 1.165) is 23.6 Å². The van der Waals surface area contributed by atoms with Crippen LogP contribution in [0.25, 0.3) is 10.9 Å². The Balaban J connectivity index is 1.77. The number of benzene rings is 2. The van der Waals surface area contributed by atoms with E-state index in [9.17, 15) is 26.4 Å². The average molecular weight is 606 g/mol. The molecule has 1 aliphatic rings. The number of halogens is 5. The molecule has 0 aliphatic carbocycles. The summed E-state index contributed by atoms with van der Waals surface area (Å²) in [5.41, 5.74) is -1.67. The van der Waals surface area contributed by atoms with Crippen molar-refractivity contribution in [2.45, 2.75) is 37.5 Å². The second kappa shape index (κ2) is 11.4. The molecule has 1 saturated heterocycles. The van der Waals surface area contributed by atoms with Gasteiger partial charge in [-0.05, 0) is 68.4 Å². The highest BCUT2D eigenvalue weighted by molar-refractivity contribution is 7.91. The maximum atomic E-state index is 14.2. The molecule has 1 aromatic heterocycles. The first kappa shape index (κ1) is 29.8. The zero-order valence-electron chi connectivity index (χ0n) is 21.7. The van der Waals surface area contributed by atoms with Crippen molar-refractivity contribution >= 4 is 43.9 Å². The first-order valence-corrected chi connectivity index (χ1v) is 14.8. The van der Waals surface area contributed by atoms with E-state index in [1.54, 1.807) is 0 Å². The van der Waals surface area contributed by atoms with Gasteiger partial charge in [-0.1, -0.05) is 30.1 Å². The molecule has 0 saturated carbocycles. The lowest BCUT2D eigenvalue weighted by atomic mass is 10.0. The van der Waals surface area contributed by atoms with Crippen LogP contribution in [-0.4, -0.2) is 67.3 Å². The molecule has 0 bridgehead atoms. The van der Waals surface area contributed by atoms with Gasteiger partial charge in [-0.25, -0.2) is 13.4 Å². The molecule has 212 valence electrons. The van der Waals surface area contributed by atoms with Gasteiger partial charge in [0.05, 0.1) is 45.0 Å². The van der Waals surface area contributed by atoms with Crippen LogP contribution in [-0.2, 0) is 29.1 Å². The van der Waals surface area contributed by atoms with Crippen molar-refractivity contribution in [1.82, 2.24) is 19.4 Å². The normalized spacial score (nSPS) is 17.0. The first-order valence-electron chi connectivity index (χ1n) is 12.4. The minimum Gasteiger partial charge on any atom is -0.309 e. The summed E-state index contributed by atoms with van der Waals surface area (Å²) in [4.78, 5) is 21.6. The number of nitrogens with zero attached hydrogens (tertiary/aromatic N) is 4. The standard InChI is InChI=1S/C26H29Cl2F3N4O3S/c1-4-39(37,38)22-6-5-18(27)9-17(22)13-35-15-32-24-19(25(35)36)10-21(26(29,30)31)20(23(24)28)14-34-8-7-16(12-34)11-33(2)3/h5-6,9-10,15-16H,4,7-8,11-14H2,1-3H3/t16-/m0/s1. The predicted octanol–water partition coefficient (Wildman–Crippen LogP) is 4.95. The fraction of sp³-hybridized carbons (Fsp3) is 0.462. The van der Waals surface area contributed by atoms with Gasteiger partial charge in [-0.2, -0.15) is 13.2 Å². The Bertz CT molecular complexity index is 1560. The minimum absolute atomic E-state index is 0.0102. The Morgan fingerprint density at radius 2 is 1.87 bits per heavy atom. The van der Waals surface area contributed by atoms with Gasteiger partial charge < -0.3 is 4.90 Å². The van der Waals surface area contributed by atoms with Crippen LogP contribution >= 0.6 is 23.2 Å². The molecule has 0 amide bonds. The monoisotopic (exact) mass is 604 g/mol. The van der Waals surface area contributed by atoms with E-state index in [1.807, 2.05) is 19.0 Å². The lowest BCUT2D eigenvalue weighted by Gasteiger charge is -2.22. The molecular formula is C26H29Cl2F3N4O3S. The van der Waals surface area contributed by atoms with E-state index in [0.29, 0.717) is 19.0 Å². The molecule has 3 aromatic rings. The van der Waals surface area contributed by atoms with Gasteiger partial charge in [0.15, 0.2) is 9.84 Å². The summed E-state index contributed by atoms with van der Waals surface area (Å²) in [7, 11) is 0.261. The fourth-order valence-corrected chi connectivity index (χ4v) is 6.70. The Morgan fingerprint density at radius 3 is 2.51 bits per heavy atom. The number of sulfone groups is 1. The Kier molecular flexibility index (Phi) is 8.68. The van der Waals surface area contributed by atoms with E-state index in [4.69, 9.17) is 23.2 Å². The highest BCUT2D eigenvalue weighted by Gasteiger charge is 2.37. The molecule has 2 aromatic carbocycles. The molecule has 0 spiro atoms. The number of rotatable bonds is 8. The van der Waals surface area contributed by atoms with Gasteiger partial charge in [-0.15, -0.1) is 0 Å². The zero-order chi connectivity index (χ0) is 28.7. The summed E-state index contributed by atoms with van der Waals surface area (Å²) in [6.07, 6.45) is -2.72. The maximum Gasteiger partial charge on any atom is 0.416 e. The molecule has 1 aliphatic heterocycles. The van der Waals surface area contributed by atoms with Crippen LogP contribution in [0, 0.1) is 5.92 Å². The highest BCUT2D eigenvalue weighted by Crippen LogP contribution is 2.39. The molecule has 7 nitrogen and oxygen atoms in total. The molecule has 1 atom stereocenters. The second-order valence-corrected chi connectivity index (χ2v) is 13.2. The number of fused-ring (bicyclic) bond motifs is 1. The average Bonchev–Trinajstić information content (AvgIpc) is 3.27. The van der Waals surface area contributed by atoms with Crippen LogP contribution in [0.3, 0.4) is 0 Å². The summed E-state index contributed by atoms with van der Waals surface area (Å²) in [6, 6.07) is 4.99. The largest absolute Gasteiger partial charge is 0.416 e. The van der Waals surface area contributed by atoms with Crippen LogP contribution in [0.1, 0.15) is 30.0 Å². The van der Waals surface area contributed by atoms with Crippen LogP contribution in [0.5, 0.6) is 0 Å². The van der Waals surface area contributed by atoms with Crippen molar-refractivity contribution in [1.29, 1.82) is 0 Å². The van der Waals surface area contributed by atoms with Crippen LogP contribution in [0.2, 0.25) is 10.0 Å². The van der Waals surface area contributed by atoms with Gasteiger partial charge in [0.1, 0.15) is 0 Å². The summed E-state index contributed by atoms with van der Waals surface area (Å²) in [5, 5.41) is -0.256. The number of aromatic nitrogens is 2. The van der Waals surface area contributed by atoms with Crippen molar-refractivity contribution in [3.63, 3.8) is 0 Å². The molecule has 0 N–H and O–H groups in total. The Morgan fingerprint density at radius 1 is 1.15 bits per heavy atom. The van der Waals surface area contributed by atoms with Gasteiger partial charge in [0.25, 0.3) is 5.56 Å². The third kappa shape index (κ3) is 6.43. The van der Waals surface area contributed by atoms with Gasteiger partial charge in [0.2, 0.25) is 0 Å². The quantitative estimate of drug-likeness (QED) is 0.362. The molecule has 0 unspecified atom stereocenters. The number of hydrogen-bond donors (Lipinski definition) is 0. The number of likely N-dealkylation sites (tertiary alicyclic amines) is 1. The summed E-state index contributed by atoms with van der Waals surface area (Å²) in [5.74, 6) is 0.166. The molecule has 13 heteroatoms. The minimum atomic E-state index is -4.75. The van der Waals surface area contributed by atoms with E-state index >= 15 is 0 Å². The van der Waals surface area contributed by atoms with Crippen molar-refractivity contribution in [2.75, 3.05) is 39.5 Å². The number of alkyl halides is 3. The van der Waals surface area contributed by atoms with Gasteiger partial charge in [0, 0.05) is 24.7 Å². The van der Waals surface area contributed by atoms with Crippen LogP contribution < -0.4 is 5.56 Å². The topological polar surface area (TPSA) is 75.5 Å². The Labute approximate surface area is 235 Å². The lowest BCUT2D eigenvalue weighted by molar-refractivity contribution is -0.138. The number of hydrogen-bond acceptors (Lipinski definition) is 6. The third-order valence-corrected chi connectivity index (χ3v) is 9.39. The summed E-state index contributed by atoms with van der Waals surface area (Å²) < 4.78 is 68.9. The molecule has 0 radical (unpaired) electrons. The molecule has 39 heavy (non-hydrogen) atoms. The van der Waals surface area contributed by atoms with Crippen LogP contribution in [0.4, 0.5) is 13.2 Å². The van der Waals surface area contributed by atoms with Crippen LogP contribution in [0.15, 0.2) is 40.3 Å². The Hall–Kier alpha value is -2.18. The van der Waals surface area contributed by atoms with Crippen molar-refractivity contribution < 1.29 is 21.6 Å². The summed E-state index contributed by atoms with van der Waals surface area (Å²) in [6.45, 7) is 3.34. The van der Waals surface area contributed by atoms with Gasteiger partial charge >= 0.3 is 6.18 Å². The van der Waals surface area contributed by atoms with Gasteiger partial charge in [-0.3, -0.25) is 14.3 Å². The van der Waals surface area contributed by atoms with Crippen molar-refractivity contribution in [2.24, 2.45) is 5.92 Å². The van der Waals surface area contributed by atoms with E-state index in [2.05, 4.69) is 9.88 Å². The smallest absolute Gasteiger partial charge is 0.309 e. The lowest BCUT2D eigenvalue weighted by Crippen LogP contribution is -2.27. The van der Waals surface area contributed by atoms with Crippen molar-refractivity contribution in [3.8, 4) is 0 Å². The van der Waals surface area contributed by atoms with E-state index < -0.39 is 27.1 Å². The fourth-order valence-electron chi connectivity index (χ4n) is 5.08. The molecular weight excluding hydrogens is 576 g/mol. The third-order valence-electron chi connectivity index (χ3n) is 6.92. The van der Waals surface area contributed by atoms with Crippen molar-refractivity contribution in [3.05, 3.63) is 67.7 Å². The van der Waals surface area contributed by atoms with E-state index in [-0.39, 0.29) is 55.8 Å². The molecule has 1 fully saturated rings. The maximum absolute atomic E-state index is 14.2. The zero-order valence-corrected chi connectivity index (χ0v) is 24.1. The molecule has 2 heterocycles. The van der Waals surface area contributed by atoms with E-state index in [1.165, 1.54) is 31.5 Å². The first-order chi connectivity index (χ1) is 18.2. The SMILES string of the molecule is CCS(=O)(=O)c1ccc(Cl)cc1Cn1cnc2c(Cl)c(CN3CC[C@@H](CN(C)C)C3)c(C(F)(F)F)cc2c1=O. The summed E-state index contributed by atoms with van der Waals surface area (Å²) >= 11 is 12.6.